The maximum Gasteiger partial charge on any atom is 0.123 e. The van der Waals surface area contributed by atoms with Crippen molar-refractivity contribution in [2.45, 2.75) is 111 Å². The average Bonchev–Trinajstić information content (AvgIpc) is 2.68. The quantitative estimate of drug-likeness (QED) is 0.199. The van der Waals surface area contributed by atoms with Gasteiger partial charge in [-0.1, -0.05) is 115 Å². The Kier molecular flexibility index (Phi) is 14.1. The van der Waals surface area contributed by atoms with Crippen LogP contribution in [0.5, 0.6) is 0 Å². The van der Waals surface area contributed by atoms with Crippen LogP contribution in [0.2, 0.25) is 0 Å². The van der Waals surface area contributed by atoms with Crippen LogP contribution < -0.4 is 0 Å². The highest BCUT2D eigenvalue weighted by molar-refractivity contribution is 5.54. The monoisotopic (exact) mass is 372 g/mol. The zero-order valence-electron chi connectivity index (χ0n) is 18.3. The predicted octanol–water partition coefficient (Wildman–Crippen LogP) is 8.08. The van der Waals surface area contributed by atoms with Gasteiger partial charge < -0.3 is 4.79 Å². The number of hydrogen-bond acceptors (Lipinski definition) is 1. The van der Waals surface area contributed by atoms with E-state index in [1.54, 1.807) is 0 Å². The van der Waals surface area contributed by atoms with Gasteiger partial charge in [0, 0.05) is 5.92 Å². The third-order valence-electron chi connectivity index (χ3n) is 6.02. The number of aryl methyl sites for hydroxylation is 1. The lowest BCUT2D eigenvalue weighted by Crippen LogP contribution is -2.09. The van der Waals surface area contributed by atoms with E-state index in [-0.39, 0.29) is 5.92 Å². The number of carbonyl (C=O) groups excluding carboxylic acids is 1. The molecule has 1 nitrogen and oxygen atoms in total. The summed E-state index contributed by atoms with van der Waals surface area (Å²) < 4.78 is 0. The molecule has 0 aromatic heterocycles. The van der Waals surface area contributed by atoms with Crippen molar-refractivity contribution in [1.82, 2.24) is 0 Å². The maximum absolute atomic E-state index is 11.5. The van der Waals surface area contributed by atoms with Gasteiger partial charge in [-0.05, 0) is 36.8 Å². The fourth-order valence-corrected chi connectivity index (χ4v) is 3.96. The van der Waals surface area contributed by atoms with Gasteiger partial charge in [-0.25, -0.2) is 0 Å². The molecular weight excluding hydrogens is 328 g/mol. The van der Waals surface area contributed by atoms with Gasteiger partial charge in [0.15, 0.2) is 0 Å². The van der Waals surface area contributed by atoms with E-state index in [1.807, 2.05) is 0 Å². The Labute approximate surface area is 169 Å². The summed E-state index contributed by atoms with van der Waals surface area (Å²) >= 11 is 0. The van der Waals surface area contributed by atoms with Crippen LogP contribution in [0.15, 0.2) is 24.3 Å². The molecule has 154 valence electrons. The van der Waals surface area contributed by atoms with Crippen LogP contribution in [0.1, 0.15) is 108 Å². The zero-order chi connectivity index (χ0) is 19.7. The zero-order valence-corrected chi connectivity index (χ0v) is 18.3. The Hall–Kier alpha value is -1.11. The van der Waals surface area contributed by atoms with Gasteiger partial charge in [0.05, 0.1) is 0 Å². The maximum atomic E-state index is 11.5. The standard InChI is InChI=1S/C26H44O/c1-4-5-6-7-8-9-10-11-12-13-16-23(2)19-20-25(22-27)21-26-18-15-14-17-24(26)3/h14-15,17-18,22-23,25H,4-13,16,19-21H2,1-3H3. The molecule has 0 spiro atoms. The molecule has 0 N–H and O–H groups in total. The van der Waals surface area contributed by atoms with Crippen molar-refractivity contribution in [3.05, 3.63) is 35.4 Å². The first-order valence-electron chi connectivity index (χ1n) is 11.7. The normalized spacial score (nSPS) is 13.4. The Balaban J connectivity index is 2.05. The Bertz CT molecular complexity index is 479. The average molecular weight is 373 g/mol. The molecule has 2 atom stereocenters. The molecule has 1 heteroatoms. The van der Waals surface area contributed by atoms with E-state index in [2.05, 4.69) is 45.0 Å². The van der Waals surface area contributed by atoms with Crippen LogP contribution in [0.4, 0.5) is 0 Å². The van der Waals surface area contributed by atoms with Crippen molar-refractivity contribution in [1.29, 1.82) is 0 Å². The Morgan fingerprint density at radius 1 is 0.815 bits per heavy atom. The van der Waals surface area contributed by atoms with Gasteiger partial charge in [-0.15, -0.1) is 0 Å². The van der Waals surface area contributed by atoms with Crippen molar-refractivity contribution < 1.29 is 4.79 Å². The van der Waals surface area contributed by atoms with Crippen LogP contribution in [-0.4, -0.2) is 6.29 Å². The second-order valence-electron chi connectivity index (χ2n) is 8.68. The van der Waals surface area contributed by atoms with Crippen LogP contribution in [0.3, 0.4) is 0 Å². The minimum absolute atomic E-state index is 0.182. The predicted molar refractivity (Wildman–Crippen MR) is 119 cm³/mol. The Morgan fingerprint density at radius 3 is 2.00 bits per heavy atom. The third-order valence-corrected chi connectivity index (χ3v) is 6.02. The fraction of sp³-hybridized carbons (Fsp3) is 0.731. The lowest BCUT2D eigenvalue weighted by atomic mass is 9.89. The largest absolute Gasteiger partial charge is 0.303 e. The summed E-state index contributed by atoms with van der Waals surface area (Å²) in [6.07, 6.45) is 19.7. The summed E-state index contributed by atoms with van der Waals surface area (Å²) in [7, 11) is 0. The first kappa shape index (κ1) is 23.9. The Morgan fingerprint density at radius 2 is 1.41 bits per heavy atom. The van der Waals surface area contributed by atoms with Crippen LogP contribution in [0, 0.1) is 18.8 Å². The van der Waals surface area contributed by atoms with Crippen LogP contribution in [-0.2, 0) is 11.2 Å². The highest BCUT2D eigenvalue weighted by atomic mass is 16.1. The SMILES string of the molecule is CCCCCCCCCCCCC(C)CCC(C=O)Cc1ccccc1C. The van der Waals surface area contributed by atoms with Crippen molar-refractivity contribution in [3.8, 4) is 0 Å². The molecule has 0 saturated heterocycles. The molecule has 0 aliphatic heterocycles. The van der Waals surface area contributed by atoms with Gasteiger partial charge >= 0.3 is 0 Å². The van der Waals surface area contributed by atoms with E-state index in [9.17, 15) is 4.79 Å². The minimum Gasteiger partial charge on any atom is -0.303 e. The second kappa shape index (κ2) is 15.9. The summed E-state index contributed by atoms with van der Waals surface area (Å²) in [5.41, 5.74) is 2.64. The number of rotatable bonds is 17. The topological polar surface area (TPSA) is 17.1 Å². The van der Waals surface area contributed by atoms with E-state index in [4.69, 9.17) is 0 Å². The molecule has 0 amide bonds. The smallest absolute Gasteiger partial charge is 0.123 e. The highest BCUT2D eigenvalue weighted by Crippen LogP contribution is 2.21. The molecule has 27 heavy (non-hydrogen) atoms. The van der Waals surface area contributed by atoms with Crippen molar-refractivity contribution >= 4 is 6.29 Å². The number of benzene rings is 1. The van der Waals surface area contributed by atoms with Gasteiger partial charge in [0.2, 0.25) is 0 Å². The van der Waals surface area contributed by atoms with E-state index in [0.29, 0.717) is 0 Å². The van der Waals surface area contributed by atoms with Gasteiger partial charge in [-0.2, -0.15) is 0 Å². The van der Waals surface area contributed by atoms with Crippen molar-refractivity contribution in [2.75, 3.05) is 0 Å². The molecule has 0 bridgehead atoms. The first-order valence-corrected chi connectivity index (χ1v) is 11.7. The number of aldehydes is 1. The van der Waals surface area contributed by atoms with Crippen molar-refractivity contribution in [3.63, 3.8) is 0 Å². The van der Waals surface area contributed by atoms with Crippen LogP contribution in [0.25, 0.3) is 0 Å². The molecule has 0 aliphatic rings. The minimum atomic E-state index is 0.182. The highest BCUT2D eigenvalue weighted by Gasteiger charge is 2.12. The molecule has 1 aromatic rings. The molecular formula is C26H44O. The molecule has 0 radical (unpaired) electrons. The van der Waals surface area contributed by atoms with E-state index in [1.165, 1.54) is 94.5 Å². The molecule has 2 unspecified atom stereocenters. The number of unbranched alkanes of at least 4 members (excludes halogenated alkanes) is 9. The molecule has 0 heterocycles. The second-order valence-corrected chi connectivity index (χ2v) is 8.68. The lowest BCUT2D eigenvalue weighted by Gasteiger charge is -2.16. The molecule has 0 saturated carbocycles. The summed E-state index contributed by atoms with van der Waals surface area (Å²) in [5, 5.41) is 0. The fourth-order valence-electron chi connectivity index (χ4n) is 3.96. The molecule has 1 aromatic carbocycles. The third kappa shape index (κ3) is 12.1. The van der Waals surface area contributed by atoms with Gasteiger partial charge in [0.25, 0.3) is 0 Å². The molecule has 0 aliphatic carbocycles. The lowest BCUT2D eigenvalue weighted by molar-refractivity contribution is -0.111. The number of hydrogen-bond donors (Lipinski definition) is 0. The van der Waals surface area contributed by atoms with E-state index < -0.39 is 0 Å². The molecule has 0 fully saturated rings. The van der Waals surface area contributed by atoms with Gasteiger partial charge in [-0.3, -0.25) is 0 Å². The summed E-state index contributed by atoms with van der Waals surface area (Å²) in [4.78, 5) is 11.5. The first-order chi connectivity index (χ1) is 13.2. The van der Waals surface area contributed by atoms with E-state index >= 15 is 0 Å². The summed E-state index contributed by atoms with van der Waals surface area (Å²) in [6.45, 7) is 6.79. The summed E-state index contributed by atoms with van der Waals surface area (Å²) in [6, 6.07) is 8.46. The van der Waals surface area contributed by atoms with E-state index in [0.717, 1.165) is 18.8 Å². The summed E-state index contributed by atoms with van der Waals surface area (Å²) in [5.74, 6) is 0.930. The molecule has 1 rings (SSSR count). The van der Waals surface area contributed by atoms with Crippen molar-refractivity contribution in [2.24, 2.45) is 11.8 Å². The number of carbonyl (C=O) groups is 1. The van der Waals surface area contributed by atoms with Gasteiger partial charge in [0.1, 0.15) is 6.29 Å². The van der Waals surface area contributed by atoms with Crippen LogP contribution >= 0.6 is 0 Å².